The van der Waals surface area contributed by atoms with Gasteiger partial charge in [0.15, 0.2) is 0 Å². The average Bonchev–Trinajstić information content (AvgIpc) is 2.44. The largest absolute Gasteiger partial charge is 0.395 e. The van der Waals surface area contributed by atoms with E-state index >= 15 is 0 Å². The summed E-state index contributed by atoms with van der Waals surface area (Å²) in [5, 5.41) is 11.8. The number of aliphatic hydroxyl groups excluding tert-OH is 1. The fourth-order valence-electron chi connectivity index (χ4n) is 1.69. The topological polar surface area (TPSA) is 61.8 Å². The van der Waals surface area contributed by atoms with Crippen LogP contribution < -0.4 is 5.32 Å². The molecule has 0 bridgehead atoms. The van der Waals surface area contributed by atoms with Gasteiger partial charge >= 0.3 is 0 Å². The third kappa shape index (κ3) is 6.91. The molecule has 19 heavy (non-hydrogen) atoms. The molecule has 5 nitrogen and oxygen atoms in total. The summed E-state index contributed by atoms with van der Waals surface area (Å²) in [4.78, 5) is 13.7. The van der Waals surface area contributed by atoms with Crippen LogP contribution in [0.4, 0.5) is 0 Å². The molecule has 0 atom stereocenters. The molecule has 0 heterocycles. The molecule has 0 saturated carbocycles. The van der Waals surface area contributed by atoms with Crippen molar-refractivity contribution in [1.82, 2.24) is 10.2 Å². The Labute approximate surface area is 114 Å². The molecule has 5 heteroatoms. The van der Waals surface area contributed by atoms with E-state index in [0.717, 1.165) is 5.56 Å². The lowest BCUT2D eigenvalue weighted by Gasteiger charge is -2.20. The van der Waals surface area contributed by atoms with E-state index in [9.17, 15) is 4.79 Å². The monoisotopic (exact) mass is 266 g/mol. The summed E-state index contributed by atoms with van der Waals surface area (Å²) >= 11 is 0. The maximum atomic E-state index is 11.8. The van der Waals surface area contributed by atoms with Gasteiger partial charge in [0.1, 0.15) is 0 Å². The molecule has 0 fully saturated rings. The molecule has 0 unspecified atom stereocenters. The number of carbonyl (C=O) groups is 1. The lowest BCUT2D eigenvalue weighted by Crippen LogP contribution is -2.39. The maximum absolute atomic E-state index is 11.8. The Balaban J connectivity index is 2.31. The Morgan fingerprint density at radius 2 is 2.05 bits per heavy atom. The van der Waals surface area contributed by atoms with Gasteiger partial charge in [-0.05, 0) is 5.56 Å². The third-order valence-corrected chi connectivity index (χ3v) is 2.73. The first-order valence-corrected chi connectivity index (χ1v) is 6.39. The van der Waals surface area contributed by atoms with Crippen LogP contribution in [0.3, 0.4) is 0 Å². The van der Waals surface area contributed by atoms with Crippen LogP contribution in [0.2, 0.25) is 0 Å². The van der Waals surface area contributed by atoms with Gasteiger partial charge in [-0.25, -0.2) is 0 Å². The molecule has 0 aromatic heterocycles. The van der Waals surface area contributed by atoms with Gasteiger partial charge in [-0.2, -0.15) is 0 Å². The molecule has 1 amide bonds. The summed E-state index contributed by atoms with van der Waals surface area (Å²) in [7, 11) is 1.62. The minimum absolute atomic E-state index is 0.0374. The molecule has 0 saturated heterocycles. The van der Waals surface area contributed by atoms with Crippen molar-refractivity contribution >= 4 is 5.91 Å². The lowest BCUT2D eigenvalue weighted by atomic mass is 10.2. The number of ether oxygens (including phenoxy) is 1. The molecule has 1 rings (SSSR count). The highest BCUT2D eigenvalue weighted by molar-refractivity contribution is 5.78. The molecular weight excluding hydrogens is 244 g/mol. The van der Waals surface area contributed by atoms with Crippen LogP contribution in [-0.2, 0) is 16.1 Å². The number of hydrogen-bond donors (Lipinski definition) is 2. The van der Waals surface area contributed by atoms with E-state index in [2.05, 4.69) is 5.32 Å². The fraction of sp³-hybridized carbons (Fsp3) is 0.500. The minimum atomic E-state index is -0.0478. The van der Waals surface area contributed by atoms with Crippen molar-refractivity contribution in [1.29, 1.82) is 0 Å². The number of benzene rings is 1. The summed E-state index contributed by atoms with van der Waals surface area (Å²) in [6.07, 6.45) is 0. The molecular formula is C14H22N2O3. The number of nitrogens with zero attached hydrogens (tertiary/aromatic N) is 1. The first-order valence-electron chi connectivity index (χ1n) is 6.39. The fourth-order valence-corrected chi connectivity index (χ4v) is 1.69. The van der Waals surface area contributed by atoms with Crippen LogP contribution in [0.1, 0.15) is 5.56 Å². The van der Waals surface area contributed by atoms with E-state index in [1.54, 1.807) is 7.11 Å². The molecule has 2 N–H and O–H groups in total. The van der Waals surface area contributed by atoms with Crippen molar-refractivity contribution in [3.63, 3.8) is 0 Å². The Hall–Kier alpha value is -1.43. The van der Waals surface area contributed by atoms with Crippen molar-refractivity contribution in [3.8, 4) is 0 Å². The third-order valence-electron chi connectivity index (χ3n) is 2.73. The predicted molar refractivity (Wildman–Crippen MR) is 73.7 cm³/mol. The molecule has 0 aliphatic rings. The number of hydrogen-bond acceptors (Lipinski definition) is 4. The normalized spacial score (nSPS) is 10.7. The van der Waals surface area contributed by atoms with Crippen LogP contribution in [0.5, 0.6) is 0 Å². The molecule has 106 valence electrons. The van der Waals surface area contributed by atoms with Gasteiger partial charge in [-0.15, -0.1) is 0 Å². The summed E-state index contributed by atoms with van der Waals surface area (Å²) in [5.74, 6) is -0.0478. The zero-order valence-electron chi connectivity index (χ0n) is 11.3. The highest BCUT2D eigenvalue weighted by Gasteiger charge is 2.09. The van der Waals surface area contributed by atoms with Crippen LogP contribution in [0.25, 0.3) is 0 Å². The maximum Gasteiger partial charge on any atom is 0.234 e. The highest BCUT2D eigenvalue weighted by atomic mass is 16.5. The Bertz CT molecular complexity index is 357. The van der Waals surface area contributed by atoms with Crippen LogP contribution in [0, 0.1) is 0 Å². The zero-order valence-corrected chi connectivity index (χ0v) is 11.3. The molecule has 0 aliphatic carbocycles. The summed E-state index contributed by atoms with van der Waals surface area (Å²) in [6, 6.07) is 9.77. The molecule has 0 radical (unpaired) electrons. The van der Waals surface area contributed by atoms with Crippen molar-refractivity contribution in [2.45, 2.75) is 6.54 Å². The quantitative estimate of drug-likeness (QED) is 0.672. The van der Waals surface area contributed by atoms with Gasteiger partial charge < -0.3 is 15.2 Å². The second-order valence-electron chi connectivity index (χ2n) is 4.25. The van der Waals surface area contributed by atoms with Crippen molar-refractivity contribution in [2.75, 3.05) is 40.0 Å². The zero-order chi connectivity index (χ0) is 13.9. The van der Waals surface area contributed by atoms with E-state index < -0.39 is 0 Å². The molecule has 1 aromatic carbocycles. The van der Waals surface area contributed by atoms with Gasteiger partial charge in [0.25, 0.3) is 0 Å². The van der Waals surface area contributed by atoms with Crippen LogP contribution in [-0.4, -0.2) is 55.9 Å². The van der Waals surface area contributed by atoms with E-state index in [1.807, 2.05) is 35.2 Å². The minimum Gasteiger partial charge on any atom is -0.395 e. The molecule has 1 aromatic rings. The first-order chi connectivity index (χ1) is 9.26. The summed E-state index contributed by atoms with van der Waals surface area (Å²) < 4.78 is 4.97. The van der Waals surface area contributed by atoms with Gasteiger partial charge in [-0.1, -0.05) is 30.3 Å². The summed E-state index contributed by atoms with van der Waals surface area (Å²) in [6.45, 7) is 2.49. The van der Waals surface area contributed by atoms with Gasteiger partial charge in [-0.3, -0.25) is 9.69 Å². The Morgan fingerprint density at radius 1 is 1.32 bits per heavy atom. The second kappa shape index (κ2) is 9.49. The highest BCUT2D eigenvalue weighted by Crippen LogP contribution is 1.97. The smallest absolute Gasteiger partial charge is 0.234 e. The molecule has 0 spiro atoms. The number of rotatable bonds is 9. The average molecular weight is 266 g/mol. The van der Waals surface area contributed by atoms with E-state index in [-0.39, 0.29) is 19.1 Å². The van der Waals surface area contributed by atoms with Crippen LogP contribution in [0.15, 0.2) is 30.3 Å². The van der Waals surface area contributed by atoms with Crippen LogP contribution >= 0.6 is 0 Å². The number of amides is 1. The SMILES string of the molecule is COCCN(CCO)CC(=O)NCc1ccccc1. The van der Waals surface area contributed by atoms with Crippen molar-refractivity contribution in [3.05, 3.63) is 35.9 Å². The van der Waals surface area contributed by atoms with Gasteiger partial charge in [0, 0.05) is 26.7 Å². The second-order valence-corrected chi connectivity index (χ2v) is 4.25. The van der Waals surface area contributed by atoms with Crippen molar-refractivity contribution in [2.24, 2.45) is 0 Å². The van der Waals surface area contributed by atoms with Gasteiger partial charge in [0.2, 0.25) is 5.91 Å². The van der Waals surface area contributed by atoms with Crippen molar-refractivity contribution < 1.29 is 14.6 Å². The molecule has 0 aliphatic heterocycles. The van der Waals surface area contributed by atoms with E-state index in [1.165, 1.54) is 0 Å². The Kier molecular flexibility index (Phi) is 7.81. The van der Waals surface area contributed by atoms with Gasteiger partial charge in [0.05, 0.1) is 19.8 Å². The first kappa shape index (κ1) is 15.6. The summed E-state index contributed by atoms with van der Waals surface area (Å²) in [5.41, 5.74) is 1.07. The van der Waals surface area contributed by atoms with E-state index in [0.29, 0.717) is 26.2 Å². The number of carbonyl (C=O) groups excluding carboxylic acids is 1. The number of aliphatic hydroxyl groups is 1. The number of methoxy groups -OCH3 is 1. The number of nitrogens with one attached hydrogen (secondary N) is 1. The van der Waals surface area contributed by atoms with E-state index in [4.69, 9.17) is 9.84 Å². The predicted octanol–water partition coefficient (Wildman–Crippen LogP) is 0.244. The Morgan fingerprint density at radius 3 is 2.68 bits per heavy atom. The standard InChI is InChI=1S/C14H22N2O3/c1-19-10-8-16(7-9-17)12-14(18)15-11-13-5-3-2-4-6-13/h2-6,17H,7-12H2,1H3,(H,15,18). The lowest BCUT2D eigenvalue weighted by molar-refractivity contribution is -0.122.